The third-order valence-electron chi connectivity index (χ3n) is 3.25. The van der Waals surface area contributed by atoms with Gasteiger partial charge in [0.1, 0.15) is 0 Å². The van der Waals surface area contributed by atoms with Crippen LogP contribution in [0.25, 0.3) is 0 Å². The summed E-state index contributed by atoms with van der Waals surface area (Å²) in [7, 11) is 0. The number of rotatable bonds is 1. The van der Waals surface area contributed by atoms with E-state index in [1.165, 1.54) is 5.56 Å². The summed E-state index contributed by atoms with van der Waals surface area (Å²) in [6.45, 7) is 7.63. The molecule has 2 rings (SSSR count). The maximum Gasteiger partial charge on any atom is 0.246 e. The van der Waals surface area contributed by atoms with Crippen LogP contribution in [0.1, 0.15) is 25.8 Å². The normalized spacial score (nSPS) is 20.2. The lowest BCUT2D eigenvalue weighted by Crippen LogP contribution is -2.51. The topological polar surface area (TPSA) is 32.3 Å². The molecule has 0 saturated carbocycles. The van der Waals surface area contributed by atoms with Gasteiger partial charge in [-0.1, -0.05) is 17.7 Å². The van der Waals surface area contributed by atoms with E-state index in [0.717, 1.165) is 25.2 Å². The van der Waals surface area contributed by atoms with Crippen molar-refractivity contribution in [2.24, 2.45) is 0 Å². The van der Waals surface area contributed by atoms with Crippen LogP contribution in [-0.4, -0.2) is 24.5 Å². The highest BCUT2D eigenvalue weighted by Gasteiger charge is 2.34. The van der Waals surface area contributed by atoms with E-state index < -0.39 is 5.54 Å². The minimum Gasteiger partial charge on any atom is -0.311 e. The molecule has 1 heterocycles. The van der Waals surface area contributed by atoms with Gasteiger partial charge in [0.15, 0.2) is 0 Å². The molecule has 0 atom stereocenters. The first-order valence-electron chi connectivity index (χ1n) is 6.14. The van der Waals surface area contributed by atoms with E-state index in [2.05, 4.69) is 12.2 Å². The second-order valence-electron chi connectivity index (χ2n) is 5.20. The molecule has 3 heteroatoms. The Morgan fingerprint density at radius 3 is 2.53 bits per heavy atom. The summed E-state index contributed by atoms with van der Waals surface area (Å²) in [5.41, 5.74) is 1.74. The Kier molecular flexibility index (Phi) is 3.20. The van der Waals surface area contributed by atoms with Gasteiger partial charge in [0, 0.05) is 12.2 Å². The van der Waals surface area contributed by atoms with E-state index >= 15 is 0 Å². The Balaban J connectivity index is 2.30. The Hall–Kier alpha value is -1.35. The summed E-state index contributed by atoms with van der Waals surface area (Å²) in [6.07, 6.45) is 0.989. The lowest BCUT2D eigenvalue weighted by molar-refractivity contribution is -0.123. The van der Waals surface area contributed by atoms with Crippen LogP contribution >= 0.6 is 0 Å². The van der Waals surface area contributed by atoms with E-state index in [9.17, 15) is 4.79 Å². The van der Waals surface area contributed by atoms with Gasteiger partial charge in [-0.2, -0.15) is 0 Å². The van der Waals surface area contributed by atoms with Crippen molar-refractivity contribution in [1.29, 1.82) is 0 Å². The molecule has 1 saturated heterocycles. The van der Waals surface area contributed by atoms with E-state index in [4.69, 9.17) is 0 Å². The molecular weight excluding hydrogens is 212 g/mol. The third kappa shape index (κ3) is 2.50. The predicted molar refractivity (Wildman–Crippen MR) is 70.2 cm³/mol. The van der Waals surface area contributed by atoms with Gasteiger partial charge >= 0.3 is 0 Å². The molecular formula is C14H20N2O. The van der Waals surface area contributed by atoms with Crippen LogP contribution in [-0.2, 0) is 4.79 Å². The van der Waals surface area contributed by atoms with Crippen molar-refractivity contribution in [2.75, 3.05) is 18.0 Å². The van der Waals surface area contributed by atoms with Gasteiger partial charge in [0.25, 0.3) is 0 Å². The number of amides is 1. The van der Waals surface area contributed by atoms with Crippen LogP contribution in [0, 0.1) is 6.92 Å². The Labute approximate surface area is 103 Å². The molecule has 0 spiro atoms. The Morgan fingerprint density at radius 2 is 1.88 bits per heavy atom. The maximum absolute atomic E-state index is 12.4. The molecule has 1 fully saturated rings. The highest BCUT2D eigenvalue weighted by Crippen LogP contribution is 2.21. The Morgan fingerprint density at radius 1 is 1.24 bits per heavy atom. The maximum atomic E-state index is 12.4. The first-order chi connectivity index (χ1) is 8.00. The van der Waals surface area contributed by atoms with Crippen molar-refractivity contribution in [1.82, 2.24) is 5.32 Å². The molecule has 1 aromatic carbocycles. The lowest BCUT2D eigenvalue weighted by Gasteiger charge is -2.29. The molecule has 3 nitrogen and oxygen atoms in total. The summed E-state index contributed by atoms with van der Waals surface area (Å²) in [4.78, 5) is 14.3. The average Bonchev–Trinajstić information content (AvgIpc) is 2.41. The monoisotopic (exact) mass is 232 g/mol. The number of nitrogens with zero attached hydrogens (tertiary/aromatic N) is 1. The second kappa shape index (κ2) is 4.49. The smallest absolute Gasteiger partial charge is 0.246 e. The largest absolute Gasteiger partial charge is 0.311 e. The summed E-state index contributed by atoms with van der Waals surface area (Å²) < 4.78 is 0. The SMILES string of the molecule is Cc1ccc(N2CCCNC(C)(C)C2=O)cc1. The minimum absolute atomic E-state index is 0.152. The van der Waals surface area contributed by atoms with Crippen molar-refractivity contribution >= 4 is 11.6 Å². The van der Waals surface area contributed by atoms with Crippen molar-refractivity contribution in [3.05, 3.63) is 29.8 Å². The second-order valence-corrected chi connectivity index (χ2v) is 5.20. The summed E-state index contributed by atoms with van der Waals surface area (Å²) >= 11 is 0. The summed E-state index contributed by atoms with van der Waals surface area (Å²) in [5, 5.41) is 3.29. The molecule has 0 unspecified atom stereocenters. The van der Waals surface area contributed by atoms with Crippen LogP contribution in [0.4, 0.5) is 5.69 Å². The fraction of sp³-hybridized carbons (Fsp3) is 0.500. The van der Waals surface area contributed by atoms with Gasteiger partial charge < -0.3 is 10.2 Å². The third-order valence-corrected chi connectivity index (χ3v) is 3.25. The van der Waals surface area contributed by atoms with Crippen LogP contribution in [0.5, 0.6) is 0 Å². The van der Waals surface area contributed by atoms with Crippen molar-refractivity contribution in [2.45, 2.75) is 32.7 Å². The Bertz CT molecular complexity index is 409. The molecule has 0 aromatic heterocycles. The van der Waals surface area contributed by atoms with Gasteiger partial charge in [-0.05, 0) is 45.9 Å². The molecule has 17 heavy (non-hydrogen) atoms. The first-order valence-corrected chi connectivity index (χ1v) is 6.14. The number of carbonyl (C=O) groups is 1. The highest BCUT2D eigenvalue weighted by atomic mass is 16.2. The van der Waals surface area contributed by atoms with Crippen LogP contribution in [0.15, 0.2) is 24.3 Å². The van der Waals surface area contributed by atoms with E-state index in [1.807, 2.05) is 43.0 Å². The highest BCUT2D eigenvalue weighted by molar-refractivity contribution is 5.99. The van der Waals surface area contributed by atoms with E-state index in [-0.39, 0.29) is 5.91 Å². The zero-order valence-corrected chi connectivity index (χ0v) is 10.8. The van der Waals surface area contributed by atoms with Crippen LogP contribution in [0.2, 0.25) is 0 Å². The van der Waals surface area contributed by atoms with Crippen LogP contribution < -0.4 is 10.2 Å². The average molecular weight is 232 g/mol. The molecule has 0 bridgehead atoms. The molecule has 1 aliphatic heterocycles. The minimum atomic E-state index is -0.471. The quantitative estimate of drug-likeness (QED) is 0.804. The van der Waals surface area contributed by atoms with Crippen molar-refractivity contribution in [3.8, 4) is 0 Å². The first kappa shape index (κ1) is 12.1. The van der Waals surface area contributed by atoms with Crippen molar-refractivity contribution in [3.63, 3.8) is 0 Å². The van der Waals surface area contributed by atoms with Gasteiger partial charge in [0.2, 0.25) is 5.91 Å². The van der Waals surface area contributed by atoms with Gasteiger partial charge in [-0.15, -0.1) is 0 Å². The number of carbonyl (C=O) groups excluding carboxylic acids is 1. The number of hydrogen-bond donors (Lipinski definition) is 1. The fourth-order valence-corrected chi connectivity index (χ4v) is 2.12. The number of benzene rings is 1. The summed E-state index contributed by atoms with van der Waals surface area (Å²) in [5.74, 6) is 0.152. The number of hydrogen-bond acceptors (Lipinski definition) is 2. The zero-order valence-electron chi connectivity index (χ0n) is 10.8. The molecule has 1 amide bonds. The molecule has 92 valence electrons. The predicted octanol–water partition coefficient (Wildman–Crippen LogP) is 2.10. The number of nitrogens with one attached hydrogen (secondary N) is 1. The zero-order chi connectivity index (χ0) is 12.5. The lowest BCUT2D eigenvalue weighted by atomic mass is 10.0. The fourth-order valence-electron chi connectivity index (χ4n) is 2.12. The van der Waals surface area contributed by atoms with Gasteiger partial charge in [-0.3, -0.25) is 4.79 Å². The van der Waals surface area contributed by atoms with Gasteiger partial charge in [0.05, 0.1) is 5.54 Å². The summed E-state index contributed by atoms with van der Waals surface area (Å²) in [6, 6.07) is 8.14. The van der Waals surface area contributed by atoms with E-state index in [0.29, 0.717) is 0 Å². The van der Waals surface area contributed by atoms with Crippen LogP contribution in [0.3, 0.4) is 0 Å². The molecule has 0 aliphatic carbocycles. The van der Waals surface area contributed by atoms with Gasteiger partial charge in [-0.25, -0.2) is 0 Å². The molecule has 0 radical (unpaired) electrons. The molecule has 1 aliphatic rings. The van der Waals surface area contributed by atoms with E-state index in [1.54, 1.807) is 0 Å². The molecule has 1 aromatic rings. The molecule has 1 N–H and O–H groups in total. The number of anilines is 1. The number of aryl methyl sites for hydroxylation is 1. The van der Waals surface area contributed by atoms with Crippen molar-refractivity contribution < 1.29 is 4.79 Å². The standard InChI is InChI=1S/C14H20N2O/c1-11-5-7-12(8-6-11)16-10-4-9-15-14(2,3)13(16)17/h5-8,15H,4,9-10H2,1-3H3.